The third-order valence-electron chi connectivity index (χ3n) is 4.51. The molecule has 0 unspecified atom stereocenters. The molecule has 2 fully saturated rings. The van der Waals surface area contributed by atoms with Crippen molar-refractivity contribution in [3.05, 3.63) is 29.6 Å². The quantitative estimate of drug-likeness (QED) is 0.782. The lowest BCUT2D eigenvalue weighted by Crippen LogP contribution is -2.39. The second-order valence-electron chi connectivity index (χ2n) is 6.60. The molecule has 0 radical (unpaired) electrons. The Bertz CT molecular complexity index is 859. The van der Waals surface area contributed by atoms with Crippen molar-refractivity contribution in [1.82, 2.24) is 14.2 Å². The van der Waals surface area contributed by atoms with Crippen molar-refractivity contribution >= 4 is 21.9 Å². The van der Waals surface area contributed by atoms with Gasteiger partial charge in [-0.15, -0.1) is 0 Å². The summed E-state index contributed by atoms with van der Waals surface area (Å²) >= 11 is 0. The minimum absolute atomic E-state index is 0.0154. The molecule has 8 nitrogen and oxygen atoms in total. The van der Waals surface area contributed by atoms with Crippen molar-refractivity contribution in [2.45, 2.75) is 44.6 Å². The number of pyridine rings is 1. The molecule has 2 aliphatic rings. The van der Waals surface area contributed by atoms with Gasteiger partial charge >= 0.3 is 12.1 Å². The number of carboxylic acid groups (broad SMARTS) is 1. The molecule has 156 valence electrons. The number of amides is 1. The van der Waals surface area contributed by atoms with E-state index >= 15 is 0 Å². The minimum Gasteiger partial charge on any atom is -0.475 e. The molecular weight excluding hydrogens is 403 g/mol. The number of carboxylic acids is 1. The zero-order valence-electron chi connectivity index (χ0n) is 15.2. The molecular formula is C16H20F3N3O5S. The lowest BCUT2D eigenvalue weighted by atomic mass is 10.1. The number of hydrogen-bond donors (Lipinski definition) is 1. The molecule has 2 atom stereocenters. The summed E-state index contributed by atoms with van der Waals surface area (Å²) in [7, 11) is -3.24. The van der Waals surface area contributed by atoms with Crippen LogP contribution in [0.5, 0.6) is 0 Å². The van der Waals surface area contributed by atoms with Crippen molar-refractivity contribution in [2.24, 2.45) is 0 Å². The van der Waals surface area contributed by atoms with E-state index in [4.69, 9.17) is 9.90 Å². The number of aromatic nitrogens is 1. The van der Waals surface area contributed by atoms with Crippen LogP contribution >= 0.6 is 0 Å². The number of aryl methyl sites for hydroxylation is 1. The number of likely N-dealkylation sites (tertiary alicyclic amines) is 1. The summed E-state index contributed by atoms with van der Waals surface area (Å²) < 4.78 is 56.8. The van der Waals surface area contributed by atoms with E-state index in [2.05, 4.69) is 4.98 Å². The van der Waals surface area contributed by atoms with Crippen LogP contribution in [-0.4, -0.2) is 70.7 Å². The molecule has 3 rings (SSSR count). The highest BCUT2D eigenvalue weighted by Gasteiger charge is 2.49. The van der Waals surface area contributed by atoms with Crippen molar-refractivity contribution in [2.75, 3.05) is 12.8 Å². The Hall–Kier alpha value is -2.21. The zero-order chi connectivity index (χ0) is 21.3. The Morgan fingerprint density at radius 1 is 1.32 bits per heavy atom. The third-order valence-corrected chi connectivity index (χ3v) is 5.82. The fraction of sp³-hybridized carbons (Fsp3) is 0.562. The van der Waals surface area contributed by atoms with Crippen molar-refractivity contribution in [3.8, 4) is 0 Å². The predicted molar refractivity (Wildman–Crippen MR) is 91.6 cm³/mol. The van der Waals surface area contributed by atoms with E-state index in [9.17, 15) is 26.4 Å². The average molecular weight is 423 g/mol. The molecule has 3 heterocycles. The molecule has 1 amide bonds. The fourth-order valence-electron chi connectivity index (χ4n) is 3.37. The summed E-state index contributed by atoms with van der Waals surface area (Å²) in [5, 5.41) is 7.12. The first-order chi connectivity index (χ1) is 12.8. The first-order valence-electron chi connectivity index (χ1n) is 8.29. The monoisotopic (exact) mass is 423 g/mol. The summed E-state index contributed by atoms with van der Waals surface area (Å²) in [6.07, 6.45) is -2.89. The SMILES string of the molecule is Cc1cccc(CN2C(=O)C[C@@H]3[C@@H]2CCN3S(C)(=O)=O)n1.O=C(O)C(F)(F)F. The van der Waals surface area contributed by atoms with Crippen LogP contribution in [0.1, 0.15) is 24.2 Å². The van der Waals surface area contributed by atoms with E-state index in [1.54, 1.807) is 4.90 Å². The van der Waals surface area contributed by atoms with Crippen molar-refractivity contribution in [3.63, 3.8) is 0 Å². The Morgan fingerprint density at radius 2 is 1.93 bits per heavy atom. The summed E-state index contributed by atoms with van der Waals surface area (Å²) in [5.74, 6) is -2.74. The van der Waals surface area contributed by atoms with Crippen molar-refractivity contribution < 1.29 is 36.3 Å². The van der Waals surface area contributed by atoms with Crippen LogP contribution in [0.4, 0.5) is 13.2 Å². The van der Waals surface area contributed by atoms with Gasteiger partial charge in [0.2, 0.25) is 15.9 Å². The van der Waals surface area contributed by atoms with Gasteiger partial charge in [0.05, 0.1) is 30.6 Å². The Balaban J connectivity index is 0.000000345. The van der Waals surface area contributed by atoms with Gasteiger partial charge in [-0.1, -0.05) is 6.07 Å². The number of nitrogens with zero attached hydrogens (tertiary/aromatic N) is 3. The molecule has 0 aliphatic carbocycles. The average Bonchev–Trinajstić information content (AvgIpc) is 3.07. The van der Waals surface area contributed by atoms with Gasteiger partial charge in [0, 0.05) is 18.7 Å². The number of rotatable bonds is 3. The first-order valence-corrected chi connectivity index (χ1v) is 10.1. The standard InChI is InChI=1S/C14H19N3O3S.C2HF3O2/c1-10-4-3-5-11(15-10)9-16-12-6-7-17(21(2,19)20)13(12)8-14(16)18;3-2(4,5)1(6)7/h3-5,12-13H,6-9H2,1-2H3;(H,6,7)/t12-,13+;/m0./s1. The van der Waals surface area contributed by atoms with Crippen LogP contribution in [0, 0.1) is 6.92 Å². The smallest absolute Gasteiger partial charge is 0.475 e. The molecule has 2 aliphatic heterocycles. The van der Waals surface area contributed by atoms with Gasteiger partial charge in [-0.05, 0) is 25.5 Å². The third kappa shape index (κ3) is 5.19. The lowest BCUT2D eigenvalue weighted by molar-refractivity contribution is -0.192. The molecule has 0 saturated carbocycles. The maximum atomic E-state index is 12.2. The van der Waals surface area contributed by atoms with Crippen LogP contribution in [0.3, 0.4) is 0 Å². The second-order valence-corrected chi connectivity index (χ2v) is 8.53. The van der Waals surface area contributed by atoms with E-state index < -0.39 is 22.2 Å². The summed E-state index contributed by atoms with van der Waals surface area (Å²) in [6, 6.07) is 5.51. The van der Waals surface area contributed by atoms with Gasteiger partial charge in [0.25, 0.3) is 0 Å². The molecule has 28 heavy (non-hydrogen) atoms. The topological polar surface area (TPSA) is 108 Å². The van der Waals surface area contributed by atoms with Crippen LogP contribution in [0.25, 0.3) is 0 Å². The number of sulfonamides is 1. The van der Waals surface area contributed by atoms with E-state index in [1.165, 1.54) is 10.6 Å². The molecule has 0 spiro atoms. The van der Waals surface area contributed by atoms with E-state index in [1.807, 2.05) is 25.1 Å². The molecule has 12 heteroatoms. The van der Waals surface area contributed by atoms with Crippen LogP contribution in [0.2, 0.25) is 0 Å². The molecule has 0 aromatic carbocycles. The largest absolute Gasteiger partial charge is 0.490 e. The highest BCUT2D eigenvalue weighted by molar-refractivity contribution is 7.88. The maximum Gasteiger partial charge on any atom is 0.490 e. The summed E-state index contributed by atoms with van der Waals surface area (Å²) in [6.45, 7) is 2.87. The van der Waals surface area contributed by atoms with Crippen molar-refractivity contribution in [1.29, 1.82) is 0 Å². The fourth-order valence-corrected chi connectivity index (χ4v) is 4.52. The Kier molecular flexibility index (Phi) is 6.34. The van der Waals surface area contributed by atoms with Gasteiger partial charge in [0.1, 0.15) is 0 Å². The molecule has 1 aromatic rings. The number of halogens is 3. The predicted octanol–water partition coefficient (Wildman–Crippen LogP) is 1.16. The van der Waals surface area contributed by atoms with Crippen LogP contribution in [-0.2, 0) is 26.2 Å². The molecule has 2 saturated heterocycles. The zero-order valence-corrected chi connectivity index (χ0v) is 16.0. The number of aliphatic carboxylic acids is 1. The van der Waals surface area contributed by atoms with E-state index in [0.717, 1.165) is 11.4 Å². The number of fused-ring (bicyclic) bond motifs is 1. The highest BCUT2D eigenvalue weighted by atomic mass is 32.2. The highest BCUT2D eigenvalue weighted by Crippen LogP contribution is 2.34. The maximum absolute atomic E-state index is 12.2. The number of carbonyl (C=O) groups is 2. The van der Waals surface area contributed by atoms with Gasteiger partial charge in [-0.3, -0.25) is 9.78 Å². The minimum atomic E-state index is -5.08. The van der Waals surface area contributed by atoms with Gasteiger partial charge in [-0.2, -0.15) is 17.5 Å². The lowest BCUT2D eigenvalue weighted by Gasteiger charge is -2.24. The Labute approximate surface area is 160 Å². The first kappa shape index (κ1) is 22.1. The molecule has 1 aromatic heterocycles. The summed E-state index contributed by atoms with van der Waals surface area (Å²) in [4.78, 5) is 27.3. The van der Waals surface area contributed by atoms with Crippen LogP contribution in [0.15, 0.2) is 18.2 Å². The van der Waals surface area contributed by atoms with Gasteiger partial charge < -0.3 is 10.0 Å². The normalized spacial score (nSPS) is 22.6. The van der Waals surface area contributed by atoms with E-state index in [-0.39, 0.29) is 24.4 Å². The van der Waals surface area contributed by atoms with Crippen LogP contribution < -0.4 is 0 Å². The number of hydrogen-bond acceptors (Lipinski definition) is 5. The number of alkyl halides is 3. The molecule has 1 N–H and O–H groups in total. The number of carbonyl (C=O) groups excluding carboxylic acids is 1. The second kappa shape index (κ2) is 8.03. The van der Waals surface area contributed by atoms with Gasteiger partial charge in [0.15, 0.2) is 0 Å². The molecule has 0 bridgehead atoms. The Morgan fingerprint density at radius 3 is 2.43 bits per heavy atom. The van der Waals surface area contributed by atoms with E-state index in [0.29, 0.717) is 19.5 Å². The van der Waals surface area contributed by atoms with Gasteiger partial charge in [-0.25, -0.2) is 13.2 Å². The summed E-state index contributed by atoms with van der Waals surface area (Å²) in [5.41, 5.74) is 1.77.